The van der Waals surface area contributed by atoms with E-state index in [2.05, 4.69) is 60.4 Å². The maximum absolute atomic E-state index is 4.59. The normalized spacial score (nSPS) is 15.4. The van der Waals surface area contributed by atoms with Crippen LogP contribution in [0.5, 0.6) is 0 Å². The third-order valence-electron chi connectivity index (χ3n) is 3.58. The highest BCUT2D eigenvalue weighted by molar-refractivity contribution is 7.81. The van der Waals surface area contributed by atoms with Crippen LogP contribution >= 0.6 is 12.6 Å². The fourth-order valence-electron chi connectivity index (χ4n) is 2.00. The van der Waals surface area contributed by atoms with Gasteiger partial charge in [-0.15, -0.1) is 0 Å². The van der Waals surface area contributed by atoms with Gasteiger partial charge in [0.25, 0.3) is 0 Å². The van der Waals surface area contributed by atoms with Crippen molar-refractivity contribution in [3.63, 3.8) is 0 Å². The molecule has 0 aliphatic carbocycles. The predicted octanol–water partition coefficient (Wildman–Crippen LogP) is 5.66. The molecule has 2 atom stereocenters. The molecular formula is C16H30S. The van der Waals surface area contributed by atoms with Crippen LogP contribution in [-0.4, -0.2) is 4.75 Å². The van der Waals surface area contributed by atoms with Crippen LogP contribution in [0.1, 0.15) is 60.3 Å². The zero-order valence-electron chi connectivity index (χ0n) is 12.3. The van der Waals surface area contributed by atoms with Crippen molar-refractivity contribution in [3.8, 4) is 0 Å². The molecule has 0 aromatic heterocycles. The van der Waals surface area contributed by atoms with E-state index in [4.69, 9.17) is 0 Å². The highest BCUT2D eigenvalue weighted by Gasteiger charge is 2.18. The minimum atomic E-state index is 0.0933. The molecule has 100 valence electrons. The van der Waals surface area contributed by atoms with Gasteiger partial charge in [-0.3, -0.25) is 0 Å². The Morgan fingerprint density at radius 1 is 1.06 bits per heavy atom. The first kappa shape index (κ1) is 16.8. The molecule has 0 heterocycles. The Labute approximate surface area is 114 Å². The summed E-state index contributed by atoms with van der Waals surface area (Å²) in [6.45, 7) is 19.5. The molecule has 0 saturated carbocycles. The van der Waals surface area contributed by atoms with Crippen molar-refractivity contribution >= 4 is 12.6 Å². The van der Waals surface area contributed by atoms with Gasteiger partial charge in [0.05, 0.1) is 0 Å². The van der Waals surface area contributed by atoms with Crippen LogP contribution < -0.4 is 0 Å². The highest BCUT2D eigenvalue weighted by Crippen LogP contribution is 2.29. The summed E-state index contributed by atoms with van der Waals surface area (Å²) in [4.78, 5) is 0. The minimum absolute atomic E-state index is 0.0933. The number of allylic oxidation sites excluding steroid dienone is 2. The molecule has 17 heavy (non-hydrogen) atoms. The highest BCUT2D eigenvalue weighted by atomic mass is 32.1. The predicted molar refractivity (Wildman–Crippen MR) is 83.8 cm³/mol. The fraction of sp³-hybridized carbons (Fsp3) is 0.750. The number of hydrogen-bond acceptors (Lipinski definition) is 1. The Morgan fingerprint density at radius 3 is 1.82 bits per heavy atom. The Morgan fingerprint density at radius 2 is 1.47 bits per heavy atom. The SMILES string of the molecule is C=C(CCC(=C)C(C)CC(C)(C)S)C(C)CC. The van der Waals surface area contributed by atoms with Gasteiger partial charge in [0, 0.05) is 4.75 Å². The van der Waals surface area contributed by atoms with Gasteiger partial charge < -0.3 is 0 Å². The molecule has 0 bridgehead atoms. The van der Waals surface area contributed by atoms with Crippen molar-refractivity contribution in [2.45, 2.75) is 65.0 Å². The van der Waals surface area contributed by atoms with Crippen molar-refractivity contribution in [2.75, 3.05) is 0 Å². The molecule has 0 spiro atoms. The zero-order valence-corrected chi connectivity index (χ0v) is 13.2. The average Bonchev–Trinajstić information content (AvgIpc) is 2.21. The second-order valence-corrected chi connectivity index (χ2v) is 7.25. The number of thiol groups is 1. The molecule has 1 heteroatoms. The Kier molecular flexibility index (Phi) is 7.23. The monoisotopic (exact) mass is 254 g/mol. The number of rotatable bonds is 8. The quantitative estimate of drug-likeness (QED) is 0.419. The van der Waals surface area contributed by atoms with E-state index in [-0.39, 0.29) is 4.75 Å². The van der Waals surface area contributed by atoms with Gasteiger partial charge in [-0.05, 0) is 37.5 Å². The van der Waals surface area contributed by atoms with E-state index in [1.165, 1.54) is 17.6 Å². The summed E-state index contributed by atoms with van der Waals surface area (Å²) in [7, 11) is 0. The van der Waals surface area contributed by atoms with Crippen molar-refractivity contribution < 1.29 is 0 Å². The maximum atomic E-state index is 4.59. The first-order chi connectivity index (χ1) is 7.67. The third kappa shape index (κ3) is 7.70. The average molecular weight is 254 g/mol. The summed E-state index contributed by atoms with van der Waals surface area (Å²) in [5, 5.41) is 0. The second-order valence-electron chi connectivity index (χ2n) is 6.04. The van der Waals surface area contributed by atoms with Gasteiger partial charge >= 0.3 is 0 Å². The van der Waals surface area contributed by atoms with E-state index in [0.29, 0.717) is 11.8 Å². The van der Waals surface area contributed by atoms with E-state index in [1.807, 2.05) is 0 Å². The first-order valence-corrected chi connectivity index (χ1v) is 7.19. The van der Waals surface area contributed by atoms with Gasteiger partial charge in [0.2, 0.25) is 0 Å². The van der Waals surface area contributed by atoms with Crippen LogP contribution in [0.25, 0.3) is 0 Å². The summed E-state index contributed by atoms with van der Waals surface area (Å²) in [5.74, 6) is 1.19. The van der Waals surface area contributed by atoms with Crippen LogP contribution in [0, 0.1) is 11.8 Å². The molecule has 0 fully saturated rings. The van der Waals surface area contributed by atoms with E-state index >= 15 is 0 Å². The zero-order chi connectivity index (χ0) is 13.6. The summed E-state index contributed by atoms with van der Waals surface area (Å²) < 4.78 is 0.0933. The topological polar surface area (TPSA) is 0 Å². The molecule has 0 rings (SSSR count). The summed E-state index contributed by atoms with van der Waals surface area (Å²) in [5.41, 5.74) is 2.71. The van der Waals surface area contributed by atoms with Crippen LogP contribution in [-0.2, 0) is 0 Å². The Hall–Kier alpha value is -0.170. The maximum Gasteiger partial charge on any atom is 0.00787 e. The first-order valence-electron chi connectivity index (χ1n) is 6.75. The van der Waals surface area contributed by atoms with Crippen LogP contribution in [0.15, 0.2) is 24.3 Å². The van der Waals surface area contributed by atoms with Gasteiger partial charge in [0.1, 0.15) is 0 Å². The summed E-state index contributed by atoms with van der Waals surface area (Å²) in [6, 6.07) is 0. The minimum Gasteiger partial charge on any atom is -0.173 e. The molecule has 0 radical (unpaired) electrons. The van der Waals surface area contributed by atoms with Crippen LogP contribution in [0.3, 0.4) is 0 Å². The Bertz CT molecular complexity index is 257. The van der Waals surface area contributed by atoms with Crippen LogP contribution in [0.4, 0.5) is 0 Å². The lowest BCUT2D eigenvalue weighted by molar-refractivity contribution is 0.508. The smallest absolute Gasteiger partial charge is 0.00787 e. The Balaban J connectivity index is 4.06. The summed E-state index contributed by atoms with van der Waals surface area (Å²) in [6.07, 6.45) is 4.44. The molecule has 0 nitrogen and oxygen atoms in total. The molecule has 2 unspecified atom stereocenters. The van der Waals surface area contributed by atoms with Crippen molar-refractivity contribution in [2.24, 2.45) is 11.8 Å². The molecule has 0 saturated heterocycles. The molecule has 0 aromatic carbocycles. The van der Waals surface area contributed by atoms with Gasteiger partial charge in [-0.1, -0.05) is 58.9 Å². The van der Waals surface area contributed by atoms with Crippen LogP contribution in [0.2, 0.25) is 0 Å². The molecule has 0 amide bonds. The van der Waals surface area contributed by atoms with Crippen molar-refractivity contribution in [1.29, 1.82) is 0 Å². The molecule has 0 aromatic rings. The van der Waals surface area contributed by atoms with Gasteiger partial charge in [0.15, 0.2) is 0 Å². The lowest BCUT2D eigenvalue weighted by Crippen LogP contribution is -2.16. The lowest BCUT2D eigenvalue weighted by Gasteiger charge is -2.24. The molecule has 0 N–H and O–H groups in total. The van der Waals surface area contributed by atoms with E-state index in [1.54, 1.807) is 0 Å². The van der Waals surface area contributed by atoms with Gasteiger partial charge in [-0.25, -0.2) is 0 Å². The van der Waals surface area contributed by atoms with E-state index < -0.39 is 0 Å². The van der Waals surface area contributed by atoms with Crippen molar-refractivity contribution in [3.05, 3.63) is 24.3 Å². The standard InChI is InChI=1S/C16H30S/c1-8-12(2)13(3)9-10-14(4)15(5)11-16(6,7)17/h12,15,17H,3-4,8-11H2,1-2,5-7H3. The second kappa shape index (κ2) is 7.31. The van der Waals surface area contributed by atoms with Gasteiger partial charge in [-0.2, -0.15) is 12.6 Å². The molecular weight excluding hydrogens is 224 g/mol. The lowest BCUT2D eigenvalue weighted by atomic mass is 9.87. The van der Waals surface area contributed by atoms with E-state index in [9.17, 15) is 0 Å². The third-order valence-corrected chi connectivity index (χ3v) is 3.76. The summed E-state index contributed by atoms with van der Waals surface area (Å²) >= 11 is 4.59. The molecule has 0 aliphatic rings. The van der Waals surface area contributed by atoms with Crippen molar-refractivity contribution in [1.82, 2.24) is 0 Å². The molecule has 0 aliphatic heterocycles. The largest absolute Gasteiger partial charge is 0.173 e. The number of hydrogen-bond donors (Lipinski definition) is 1. The van der Waals surface area contributed by atoms with E-state index in [0.717, 1.165) is 19.3 Å². The fourth-order valence-corrected chi connectivity index (χ4v) is 2.27.